The first-order valence-corrected chi connectivity index (χ1v) is 8.92. The van der Waals surface area contributed by atoms with E-state index in [0.717, 1.165) is 12.8 Å². The maximum absolute atomic E-state index is 12.5. The van der Waals surface area contributed by atoms with E-state index < -0.39 is 10.0 Å². The summed E-state index contributed by atoms with van der Waals surface area (Å²) in [4.78, 5) is 12.1. The van der Waals surface area contributed by atoms with Gasteiger partial charge in [0.25, 0.3) is 0 Å². The Labute approximate surface area is 114 Å². The topological polar surface area (TPSA) is 54.5 Å². The van der Waals surface area contributed by atoms with E-state index in [9.17, 15) is 13.2 Å². The lowest BCUT2D eigenvalue weighted by molar-refractivity contribution is -0.128. The van der Waals surface area contributed by atoms with Gasteiger partial charge in [0.05, 0.1) is 11.8 Å². The van der Waals surface area contributed by atoms with Gasteiger partial charge < -0.3 is 0 Å². The first-order valence-electron chi connectivity index (χ1n) is 7.31. The normalized spacial score (nSPS) is 51.0. The highest BCUT2D eigenvalue weighted by molar-refractivity contribution is 7.90. The van der Waals surface area contributed by atoms with E-state index in [0.29, 0.717) is 5.92 Å². The van der Waals surface area contributed by atoms with Crippen LogP contribution in [0.4, 0.5) is 0 Å². The molecule has 0 aromatic carbocycles. The van der Waals surface area contributed by atoms with E-state index in [-0.39, 0.29) is 40.4 Å². The van der Waals surface area contributed by atoms with Gasteiger partial charge in [0.1, 0.15) is 0 Å². The average molecular weight is 283 g/mol. The molecule has 0 aromatic heterocycles. The molecular weight excluding hydrogens is 262 g/mol. The number of sulfonamides is 1. The van der Waals surface area contributed by atoms with Crippen molar-refractivity contribution in [3.63, 3.8) is 0 Å². The van der Waals surface area contributed by atoms with Crippen molar-refractivity contribution >= 4 is 15.9 Å². The molecule has 4 aliphatic rings. The van der Waals surface area contributed by atoms with Crippen LogP contribution in [0.5, 0.6) is 0 Å². The van der Waals surface area contributed by atoms with Crippen LogP contribution in [0, 0.1) is 22.2 Å². The van der Waals surface area contributed by atoms with E-state index in [4.69, 9.17) is 0 Å². The third-order valence-electron chi connectivity index (χ3n) is 7.17. The summed E-state index contributed by atoms with van der Waals surface area (Å²) in [5.41, 5.74) is 0.175. The lowest BCUT2D eigenvalue weighted by Gasteiger charge is -2.39. The number of hydrogen-bond donors (Lipinski definition) is 0. The first kappa shape index (κ1) is 12.2. The van der Waals surface area contributed by atoms with Crippen molar-refractivity contribution in [3.05, 3.63) is 0 Å². The van der Waals surface area contributed by atoms with Gasteiger partial charge in [-0.2, -0.15) is 0 Å². The second-order valence-electron chi connectivity index (χ2n) is 7.35. The molecule has 3 aliphatic carbocycles. The Hall–Kier alpha value is -0.580. The molecule has 3 saturated carbocycles. The molecule has 4 nitrogen and oxygen atoms in total. The number of carbonyl (C=O) groups excluding carboxylic acids is 1. The molecule has 2 spiro atoms. The molecule has 1 amide bonds. The van der Waals surface area contributed by atoms with Gasteiger partial charge in [0.2, 0.25) is 15.9 Å². The number of hydrogen-bond acceptors (Lipinski definition) is 3. The summed E-state index contributed by atoms with van der Waals surface area (Å²) in [6, 6.07) is -0.0487. The highest BCUT2D eigenvalue weighted by Crippen LogP contribution is 2.94. The van der Waals surface area contributed by atoms with Crippen LogP contribution in [0.3, 0.4) is 0 Å². The predicted molar refractivity (Wildman–Crippen MR) is 70.7 cm³/mol. The first-order chi connectivity index (χ1) is 8.76. The van der Waals surface area contributed by atoms with Crippen molar-refractivity contribution in [2.75, 3.05) is 5.75 Å². The Balaban J connectivity index is 1.87. The van der Waals surface area contributed by atoms with Crippen molar-refractivity contribution in [3.8, 4) is 0 Å². The molecule has 0 aromatic rings. The minimum atomic E-state index is -3.39. The lowest BCUT2D eigenvalue weighted by atomic mass is 9.66. The van der Waals surface area contributed by atoms with Gasteiger partial charge in [-0.1, -0.05) is 20.8 Å². The third kappa shape index (κ3) is 0.885. The van der Waals surface area contributed by atoms with E-state index in [2.05, 4.69) is 13.8 Å². The van der Waals surface area contributed by atoms with Crippen LogP contribution < -0.4 is 0 Å². The fourth-order valence-corrected chi connectivity index (χ4v) is 9.04. The van der Waals surface area contributed by atoms with Gasteiger partial charge in [0, 0.05) is 11.8 Å². The van der Waals surface area contributed by atoms with E-state index >= 15 is 0 Å². The summed E-state index contributed by atoms with van der Waals surface area (Å²) in [5.74, 6) is 0.649. The number of nitrogens with zero attached hydrogens (tertiary/aromatic N) is 1. The molecule has 4 rings (SSSR count). The molecule has 0 bridgehead atoms. The monoisotopic (exact) mass is 283 g/mol. The fraction of sp³-hybridized carbons (Fsp3) is 0.929. The summed E-state index contributed by atoms with van der Waals surface area (Å²) >= 11 is 0. The zero-order chi connectivity index (χ0) is 13.8. The molecule has 4 fully saturated rings. The SMILES string of the molecule is CCC(=O)N1C2CC3CCC34C(C)(C)C24CS1(=O)=O. The Morgan fingerprint density at radius 1 is 1.32 bits per heavy atom. The Morgan fingerprint density at radius 3 is 2.47 bits per heavy atom. The zero-order valence-electron chi connectivity index (χ0n) is 11.8. The highest BCUT2D eigenvalue weighted by Gasteiger charge is 2.95. The fourth-order valence-electron chi connectivity index (χ4n) is 6.42. The standard InChI is InChI=1S/C14H21NO3S/c1-4-11(16)15-10-7-9-5-6-13(9)12(2,3)14(10,13)8-19(15,17)18/h9-10H,4-8H2,1-3H3. The van der Waals surface area contributed by atoms with E-state index in [1.54, 1.807) is 6.92 Å². The van der Waals surface area contributed by atoms with Crippen LogP contribution in [0.1, 0.15) is 46.5 Å². The minimum Gasteiger partial charge on any atom is -0.274 e. The van der Waals surface area contributed by atoms with Gasteiger partial charge in [0.15, 0.2) is 0 Å². The van der Waals surface area contributed by atoms with Crippen LogP contribution in [0.15, 0.2) is 0 Å². The Kier molecular flexibility index (Phi) is 1.84. The van der Waals surface area contributed by atoms with Gasteiger partial charge in [-0.15, -0.1) is 0 Å². The van der Waals surface area contributed by atoms with Gasteiger partial charge >= 0.3 is 0 Å². The third-order valence-corrected chi connectivity index (χ3v) is 9.04. The smallest absolute Gasteiger partial charge is 0.238 e. The van der Waals surface area contributed by atoms with Crippen LogP contribution in [-0.2, 0) is 14.8 Å². The molecule has 1 aliphatic heterocycles. The molecular formula is C14H21NO3S. The van der Waals surface area contributed by atoms with Crippen molar-refractivity contribution in [2.24, 2.45) is 22.2 Å². The predicted octanol–water partition coefficient (Wildman–Crippen LogP) is 1.76. The molecule has 0 N–H and O–H groups in total. The van der Waals surface area contributed by atoms with Gasteiger partial charge in [-0.25, -0.2) is 12.7 Å². The molecule has 106 valence electrons. The summed E-state index contributed by atoms with van der Waals surface area (Å²) in [6.45, 7) is 6.20. The van der Waals surface area contributed by atoms with Crippen molar-refractivity contribution in [1.82, 2.24) is 4.31 Å². The molecule has 1 saturated heterocycles. The van der Waals surface area contributed by atoms with E-state index in [1.165, 1.54) is 10.7 Å². The molecule has 19 heavy (non-hydrogen) atoms. The minimum absolute atomic E-state index is 0.0487. The maximum atomic E-state index is 12.5. The van der Waals surface area contributed by atoms with Gasteiger partial charge in [-0.3, -0.25) is 4.79 Å². The van der Waals surface area contributed by atoms with Crippen molar-refractivity contribution in [2.45, 2.75) is 52.5 Å². The average Bonchev–Trinajstić information content (AvgIpc) is 2.49. The van der Waals surface area contributed by atoms with Crippen molar-refractivity contribution < 1.29 is 13.2 Å². The summed E-state index contributed by atoms with van der Waals surface area (Å²) < 4.78 is 26.2. The number of amides is 1. The summed E-state index contributed by atoms with van der Waals surface area (Å²) in [5, 5.41) is 0. The van der Waals surface area contributed by atoms with Gasteiger partial charge in [-0.05, 0) is 36.0 Å². The number of carbonyl (C=O) groups is 1. The van der Waals surface area contributed by atoms with Crippen LogP contribution in [-0.4, -0.2) is 30.4 Å². The maximum Gasteiger partial charge on any atom is 0.238 e. The Morgan fingerprint density at radius 2 is 2.00 bits per heavy atom. The van der Waals surface area contributed by atoms with Crippen LogP contribution in [0.2, 0.25) is 0 Å². The number of rotatable bonds is 1. The molecule has 4 unspecified atom stereocenters. The largest absolute Gasteiger partial charge is 0.274 e. The second-order valence-corrected chi connectivity index (χ2v) is 9.20. The van der Waals surface area contributed by atoms with Crippen LogP contribution >= 0.6 is 0 Å². The summed E-state index contributed by atoms with van der Waals surface area (Å²) in [7, 11) is -3.39. The lowest BCUT2D eigenvalue weighted by Crippen LogP contribution is -2.41. The summed E-state index contributed by atoms with van der Waals surface area (Å²) in [6.07, 6.45) is 3.57. The van der Waals surface area contributed by atoms with Crippen molar-refractivity contribution in [1.29, 1.82) is 0 Å². The molecule has 1 heterocycles. The molecule has 4 atom stereocenters. The molecule has 0 radical (unpaired) electrons. The quantitative estimate of drug-likeness (QED) is 0.737. The zero-order valence-corrected chi connectivity index (χ0v) is 12.6. The Bertz CT molecular complexity index is 596. The van der Waals surface area contributed by atoms with E-state index in [1.807, 2.05) is 0 Å². The molecule has 5 heteroatoms. The van der Waals surface area contributed by atoms with Crippen LogP contribution in [0.25, 0.3) is 0 Å². The second kappa shape index (κ2) is 2.87. The highest BCUT2D eigenvalue weighted by atomic mass is 32.2.